The van der Waals surface area contributed by atoms with Crippen molar-refractivity contribution in [1.82, 2.24) is 0 Å². The van der Waals surface area contributed by atoms with E-state index in [9.17, 15) is 24.0 Å². The van der Waals surface area contributed by atoms with Crippen molar-refractivity contribution < 1.29 is 44.0 Å². The maximum atomic E-state index is 11.2. The lowest BCUT2D eigenvalue weighted by Crippen LogP contribution is -2.53. The minimum atomic E-state index is -2.83. The highest BCUT2D eigenvalue weighted by atomic mass is 16.6. The van der Waals surface area contributed by atoms with Gasteiger partial charge in [-0.05, 0) is 6.92 Å². The smallest absolute Gasteiger partial charge is 0.349 e. The van der Waals surface area contributed by atoms with Crippen LogP contribution in [0.15, 0.2) is 0 Å². The van der Waals surface area contributed by atoms with E-state index in [0.717, 1.165) is 6.92 Å². The minimum absolute atomic E-state index is 0.354. The lowest BCUT2D eigenvalue weighted by atomic mass is 9.81. The molecule has 19 heavy (non-hydrogen) atoms. The molecule has 0 aliphatic rings. The number of ketones is 1. The quantitative estimate of drug-likeness (QED) is 0.456. The number of carboxylic acid groups (broad SMARTS) is 3. The fraction of sp³-hybridized carbons (Fsp3) is 0.500. The molecule has 0 heterocycles. The van der Waals surface area contributed by atoms with Gasteiger partial charge in [0.1, 0.15) is 11.7 Å². The van der Waals surface area contributed by atoms with Crippen molar-refractivity contribution in [3.05, 3.63) is 0 Å². The monoisotopic (exact) mass is 276 g/mol. The molecule has 0 spiro atoms. The van der Waals surface area contributed by atoms with Gasteiger partial charge in [-0.2, -0.15) is 0 Å². The molecule has 9 nitrogen and oxygen atoms in total. The second kappa shape index (κ2) is 6.47. The summed E-state index contributed by atoms with van der Waals surface area (Å²) in [4.78, 5) is 54.2. The number of hydrogen-bond acceptors (Lipinski definition) is 6. The largest absolute Gasteiger partial charge is 0.481 e. The average Bonchev–Trinajstić information content (AvgIpc) is 2.23. The molecule has 2 atom stereocenters. The Balaban J connectivity index is 5.77. The van der Waals surface area contributed by atoms with E-state index in [2.05, 4.69) is 4.74 Å². The van der Waals surface area contributed by atoms with Crippen molar-refractivity contribution in [2.75, 3.05) is 0 Å². The van der Waals surface area contributed by atoms with E-state index in [-0.39, 0.29) is 6.47 Å². The highest BCUT2D eigenvalue weighted by Gasteiger charge is 2.54. The number of aliphatic carboxylic acids is 3. The van der Waals surface area contributed by atoms with E-state index >= 15 is 0 Å². The summed E-state index contributed by atoms with van der Waals surface area (Å²) in [6.07, 6.45) is -2.05. The standard InChI is InChI=1S/C10H12O9/c1-5(12)2-6(8(15)16)10(9(17)18,19-4-11)3-7(13)14/h4,6H,2-3H2,1H3,(H,13,14)(H,15,16)(H,17,18). The summed E-state index contributed by atoms with van der Waals surface area (Å²) < 4.78 is 4.23. The van der Waals surface area contributed by atoms with Crippen LogP contribution in [0.3, 0.4) is 0 Å². The number of ether oxygens (including phenoxy) is 1. The summed E-state index contributed by atoms with van der Waals surface area (Å²) in [6, 6.07) is 0. The van der Waals surface area contributed by atoms with Crippen molar-refractivity contribution in [3.63, 3.8) is 0 Å². The zero-order valence-electron chi connectivity index (χ0n) is 9.86. The van der Waals surface area contributed by atoms with E-state index in [1.54, 1.807) is 0 Å². The Morgan fingerprint density at radius 2 is 1.74 bits per heavy atom. The molecule has 0 saturated carbocycles. The molecule has 106 valence electrons. The fourth-order valence-electron chi connectivity index (χ4n) is 1.57. The maximum absolute atomic E-state index is 11.2. The van der Waals surface area contributed by atoms with E-state index in [1.807, 2.05) is 0 Å². The number of Topliss-reactive ketones (excluding diaryl/α,β-unsaturated/α-hetero) is 1. The summed E-state index contributed by atoms with van der Waals surface area (Å²) in [7, 11) is 0. The predicted molar refractivity (Wildman–Crippen MR) is 56.2 cm³/mol. The summed E-state index contributed by atoms with van der Waals surface area (Å²) >= 11 is 0. The maximum Gasteiger partial charge on any atom is 0.349 e. The van der Waals surface area contributed by atoms with Crippen LogP contribution in [-0.2, 0) is 28.7 Å². The molecule has 0 aromatic rings. The van der Waals surface area contributed by atoms with Gasteiger partial charge >= 0.3 is 17.9 Å². The molecule has 0 aromatic heterocycles. The highest BCUT2D eigenvalue weighted by molar-refractivity contribution is 5.93. The van der Waals surface area contributed by atoms with Crippen LogP contribution in [-0.4, -0.2) is 51.1 Å². The van der Waals surface area contributed by atoms with E-state index in [0.29, 0.717) is 0 Å². The van der Waals surface area contributed by atoms with Crippen LogP contribution >= 0.6 is 0 Å². The van der Waals surface area contributed by atoms with Gasteiger partial charge in [-0.25, -0.2) is 4.79 Å². The molecule has 0 amide bonds. The first-order valence-electron chi connectivity index (χ1n) is 4.96. The second-order valence-electron chi connectivity index (χ2n) is 3.78. The Morgan fingerprint density at radius 3 is 2.00 bits per heavy atom. The molecule has 0 aliphatic heterocycles. The van der Waals surface area contributed by atoms with E-state index in [4.69, 9.17) is 15.3 Å². The Hall–Kier alpha value is -2.45. The van der Waals surface area contributed by atoms with Crippen molar-refractivity contribution in [2.24, 2.45) is 5.92 Å². The van der Waals surface area contributed by atoms with Crippen LogP contribution in [0.2, 0.25) is 0 Å². The van der Waals surface area contributed by atoms with Crippen molar-refractivity contribution in [2.45, 2.75) is 25.4 Å². The second-order valence-corrected chi connectivity index (χ2v) is 3.78. The van der Waals surface area contributed by atoms with Crippen molar-refractivity contribution in [3.8, 4) is 0 Å². The highest BCUT2D eigenvalue weighted by Crippen LogP contribution is 2.30. The normalized spacial score (nSPS) is 14.8. The fourth-order valence-corrected chi connectivity index (χ4v) is 1.57. The number of carbonyl (C=O) groups excluding carboxylic acids is 2. The molecular weight excluding hydrogens is 264 g/mol. The Labute approximate surface area is 106 Å². The van der Waals surface area contributed by atoms with Gasteiger partial charge in [-0.3, -0.25) is 19.2 Å². The minimum Gasteiger partial charge on any atom is -0.481 e. The summed E-state index contributed by atoms with van der Waals surface area (Å²) in [6.45, 7) is 0.650. The van der Waals surface area contributed by atoms with Gasteiger partial charge in [-0.1, -0.05) is 0 Å². The number of carboxylic acids is 3. The van der Waals surface area contributed by atoms with Gasteiger partial charge in [0.2, 0.25) is 5.60 Å². The van der Waals surface area contributed by atoms with E-state index < -0.39 is 48.1 Å². The van der Waals surface area contributed by atoms with Gasteiger partial charge in [0.05, 0.1) is 6.42 Å². The Kier molecular flexibility index (Phi) is 5.64. The Morgan fingerprint density at radius 1 is 1.21 bits per heavy atom. The molecular formula is C10H12O9. The van der Waals surface area contributed by atoms with Gasteiger partial charge in [0.15, 0.2) is 0 Å². The first kappa shape index (κ1) is 16.6. The third-order valence-electron chi connectivity index (χ3n) is 2.39. The van der Waals surface area contributed by atoms with Crippen LogP contribution in [0.5, 0.6) is 0 Å². The summed E-state index contributed by atoms with van der Waals surface area (Å²) in [5.41, 5.74) is -2.83. The predicted octanol–water partition coefficient (Wildman–Crippen LogP) is -0.863. The van der Waals surface area contributed by atoms with E-state index in [1.165, 1.54) is 0 Å². The van der Waals surface area contributed by atoms with Crippen LogP contribution in [0, 0.1) is 5.92 Å². The third kappa shape index (κ3) is 4.05. The van der Waals surface area contributed by atoms with Gasteiger partial charge in [0, 0.05) is 6.42 Å². The molecule has 2 unspecified atom stereocenters. The molecule has 3 N–H and O–H groups in total. The molecule has 0 radical (unpaired) electrons. The molecule has 9 heteroatoms. The van der Waals surface area contributed by atoms with Crippen molar-refractivity contribution in [1.29, 1.82) is 0 Å². The molecule has 0 saturated heterocycles. The average molecular weight is 276 g/mol. The molecule has 0 rings (SSSR count). The zero-order chi connectivity index (χ0) is 15.2. The van der Waals surface area contributed by atoms with Gasteiger partial charge in [0.25, 0.3) is 6.47 Å². The number of carbonyl (C=O) groups is 5. The number of hydrogen-bond donors (Lipinski definition) is 3. The SMILES string of the molecule is CC(=O)CC(C(=O)O)C(CC(=O)O)(OC=O)C(=O)O. The molecule has 0 fully saturated rings. The van der Waals surface area contributed by atoms with Crippen LogP contribution in [0.1, 0.15) is 19.8 Å². The summed E-state index contributed by atoms with van der Waals surface area (Å²) in [5.74, 6) is -8.06. The Bertz CT molecular complexity index is 413. The third-order valence-corrected chi connectivity index (χ3v) is 2.39. The van der Waals surface area contributed by atoms with Gasteiger partial charge < -0.3 is 20.1 Å². The molecule has 0 aromatic carbocycles. The molecule has 0 aliphatic carbocycles. The van der Waals surface area contributed by atoms with Crippen LogP contribution in [0.4, 0.5) is 0 Å². The number of rotatable bonds is 9. The topological polar surface area (TPSA) is 155 Å². The van der Waals surface area contributed by atoms with Crippen molar-refractivity contribution >= 4 is 30.2 Å². The zero-order valence-corrected chi connectivity index (χ0v) is 9.86. The van der Waals surface area contributed by atoms with Crippen LogP contribution in [0.25, 0.3) is 0 Å². The lowest BCUT2D eigenvalue weighted by molar-refractivity contribution is -0.188. The first-order valence-corrected chi connectivity index (χ1v) is 4.96. The van der Waals surface area contributed by atoms with Crippen LogP contribution < -0.4 is 0 Å². The lowest BCUT2D eigenvalue weighted by Gasteiger charge is -2.30. The van der Waals surface area contributed by atoms with Gasteiger partial charge in [-0.15, -0.1) is 0 Å². The molecule has 0 bridgehead atoms. The summed E-state index contributed by atoms with van der Waals surface area (Å²) in [5, 5.41) is 26.6. The first-order chi connectivity index (χ1) is 8.67.